The Kier molecular flexibility index (Phi) is 6.21. The monoisotopic (exact) mass is 356 g/mol. The Morgan fingerprint density at radius 2 is 1.58 bits per heavy atom. The van der Waals surface area contributed by atoms with Crippen LogP contribution in [-0.4, -0.2) is 37.0 Å². The molecule has 0 N–H and O–H groups in total. The second-order valence-corrected chi connectivity index (χ2v) is 7.92. The molecule has 0 aliphatic rings. The largest absolute Gasteiger partial charge is 0.308 e. The summed E-state index contributed by atoms with van der Waals surface area (Å²) in [6, 6.07) is 13.4. The van der Waals surface area contributed by atoms with Crippen molar-refractivity contribution in [2.45, 2.75) is 13.1 Å². The molecule has 2 nitrogen and oxygen atoms in total. The molecule has 0 unspecified atom stereocenters. The van der Waals surface area contributed by atoms with E-state index >= 15 is 0 Å². The van der Waals surface area contributed by atoms with Gasteiger partial charge < -0.3 is 4.90 Å². The average Bonchev–Trinajstić information content (AvgIpc) is 3.26. The fourth-order valence-corrected chi connectivity index (χ4v) is 4.06. The Balaban J connectivity index is 1.72. The van der Waals surface area contributed by atoms with Crippen LogP contribution in [0.1, 0.15) is 11.1 Å². The molecule has 4 heteroatoms. The van der Waals surface area contributed by atoms with Gasteiger partial charge in [0.1, 0.15) is 0 Å². The third-order valence-corrected chi connectivity index (χ3v) is 5.45. The first-order valence-electron chi connectivity index (χ1n) is 8.20. The minimum Gasteiger partial charge on any atom is -0.308 e. The van der Waals surface area contributed by atoms with Crippen LogP contribution in [0, 0.1) is 0 Å². The minimum absolute atomic E-state index is 0.988. The third kappa shape index (κ3) is 5.02. The first-order valence-corrected chi connectivity index (χ1v) is 10.1. The van der Waals surface area contributed by atoms with Crippen LogP contribution in [0.2, 0.25) is 0 Å². The van der Waals surface area contributed by atoms with E-state index in [1.165, 1.54) is 22.3 Å². The normalized spacial score (nSPS) is 11.5. The van der Waals surface area contributed by atoms with Crippen molar-refractivity contribution in [2.75, 3.05) is 27.2 Å². The Labute approximate surface area is 153 Å². The number of hydrogen-bond donors (Lipinski definition) is 0. The van der Waals surface area contributed by atoms with Crippen molar-refractivity contribution in [2.24, 2.45) is 0 Å². The van der Waals surface area contributed by atoms with Crippen molar-refractivity contribution in [3.8, 4) is 11.1 Å². The topological polar surface area (TPSA) is 6.48 Å². The number of rotatable bonds is 8. The molecule has 0 atom stereocenters. The summed E-state index contributed by atoms with van der Waals surface area (Å²) in [5.74, 6) is 0. The van der Waals surface area contributed by atoms with Crippen LogP contribution in [0.3, 0.4) is 0 Å². The predicted molar refractivity (Wildman–Crippen MR) is 107 cm³/mol. The van der Waals surface area contributed by atoms with Crippen LogP contribution >= 0.6 is 22.7 Å². The smallest absolute Gasteiger partial charge is 0.0246 e. The fraction of sp³-hybridized carbons (Fsp3) is 0.300. The first-order chi connectivity index (χ1) is 11.7. The van der Waals surface area contributed by atoms with Crippen molar-refractivity contribution in [1.29, 1.82) is 0 Å². The molecule has 0 aliphatic carbocycles. The summed E-state index contributed by atoms with van der Waals surface area (Å²) in [7, 11) is 4.28. The highest BCUT2D eigenvalue weighted by molar-refractivity contribution is 7.08. The van der Waals surface area contributed by atoms with E-state index in [-0.39, 0.29) is 0 Å². The van der Waals surface area contributed by atoms with Crippen LogP contribution < -0.4 is 0 Å². The molecule has 0 saturated heterocycles. The van der Waals surface area contributed by atoms with Gasteiger partial charge in [-0.3, -0.25) is 4.90 Å². The Morgan fingerprint density at radius 1 is 0.792 bits per heavy atom. The first kappa shape index (κ1) is 17.4. The van der Waals surface area contributed by atoms with Crippen LogP contribution in [0.15, 0.2) is 57.9 Å². The summed E-state index contributed by atoms with van der Waals surface area (Å²) in [5, 5.41) is 8.78. The number of likely N-dealkylation sites (N-methyl/N-ethyl adjacent to an activating group) is 1. The van der Waals surface area contributed by atoms with Gasteiger partial charge in [0.05, 0.1) is 0 Å². The lowest BCUT2D eigenvalue weighted by molar-refractivity contribution is 0.226. The van der Waals surface area contributed by atoms with Crippen molar-refractivity contribution >= 4 is 22.7 Å². The van der Waals surface area contributed by atoms with Gasteiger partial charge >= 0.3 is 0 Å². The molecular weight excluding hydrogens is 332 g/mol. The number of thiophene rings is 2. The number of nitrogens with zero attached hydrogens (tertiary/aromatic N) is 2. The van der Waals surface area contributed by atoms with E-state index < -0.39 is 0 Å². The Morgan fingerprint density at radius 3 is 2.29 bits per heavy atom. The molecule has 24 heavy (non-hydrogen) atoms. The van der Waals surface area contributed by atoms with E-state index in [2.05, 4.69) is 81.8 Å². The van der Waals surface area contributed by atoms with Gasteiger partial charge in [-0.2, -0.15) is 22.7 Å². The van der Waals surface area contributed by atoms with Gasteiger partial charge in [-0.15, -0.1) is 0 Å². The van der Waals surface area contributed by atoms with Gasteiger partial charge in [0, 0.05) is 26.2 Å². The molecule has 126 valence electrons. The standard InChI is InChI=1S/C20H24N2S2/c1-21(2)8-9-22(14-18-6-10-23-15-18)13-17-4-3-5-19(12-17)20-7-11-24-16-20/h3-7,10-12,15-16H,8-9,13-14H2,1-2H3. The maximum atomic E-state index is 2.54. The highest BCUT2D eigenvalue weighted by Gasteiger charge is 2.09. The van der Waals surface area contributed by atoms with Crippen molar-refractivity contribution in [3.63, 3.8) is 0 Å². The molecule has 0 aliphatic heterocycles. The van der Waals surface area contributed by atoms with Gasteiger partial charge in [0.25, 0.3) is 0 Å². The van der Waals surface area contributed by atoms with Gasteiger partial charge in [0.15, 0.2) is 0 Å². The zero-order chi connectivity index (χ0) is 16.8. The lowest BCUT2D eigenvalue weighted by atomic mass is 10.1. The number of benzene rings is 1. The van der Waals surface area contributed by atoms with Gasteiger partial charge in [-0.25, -0.2) is 0 Å². The lowest BCUT2D eigenvalue weighted by Gasteiger charge is -2.24. The maximum absolute atomic E-state index is 2.54. The summed E-state index contributed by atoms with van der Waals surface area (Å²) in [5.41, 5.74) is 5.43. The predicted octanol–water partition coefficient (Wildman–Crippen LogP) is 5.04. The molecule has 2 aromatic heterocycles. The Bertz CT molecular complexity index is 718. The molecule has 3 aromatic rings. The van der Waals surface area contributed by atoms with E-state index in [9.17, 15) is 0 Å². The van der Waals surface area contributed by atoms with E-state index in [1.54, 1.807) is 22.7 Å². The maximum Gasteiger partial charge on any atom is 0.0246 e. The van der Waals surface area contributed by atoms with Crippen molar-refractivity contribution in [3.05, 3.63) is 69.0 Å². The summed E-state index contributed by atoms with van der Waals surface area (Å²) >= 11 is 3.53. The zero-order valence-corrected chi connectivity index (χ0v) is 15.9. The molecule has 1 aromatic carbocycles. The van der Waals surface area contributed by atoms with Crippen LogP contribution in [0.25, 0.3) is 11.1 Å². The van der Waals surface area contributed by atoms with Crippen LogP contribution in [-0.2, 0) is 13.1 Å². The average molecular weight is 357 g/mol. The molecule has 0 spiro atoms. The molecule has 0 saturated carbocycles. The Hall–Kier alpha value is -1.46. The van der Waals surface area contributed by atoms with E-state index in [0.29, 0.717) is 0 Å². The molecule has 2 heterocycles. The van der Waals surface area contributed by atoms with Crippen LogP contribution in [0.4, 0.5) is 0 Å². The van der Waals surface area contributed by atoms with Gasteiger partial charge in [-0.05, 0) is 76.1 Å². The highest BCUT2D eigenvalue weighted by atomic mass is 32.1. The van der Waals surface area contributed by atoms with Crippen molar-refractivity contribution < 1.29 is 0 Å². The molecule has 0 amide bonds. The molecule has 3 rings (SSSR count). The SMILES string of the molecule is CN(C)CCN(Cc1ccsc1)Cc1cccc(-c2ccsc2)c1. The molecule has 0 radical (unpaired) electrons. The van der Waals surface area contributed by atoms with E-state index in [0.717, 1.165) is 26.2 Å². The van der Waals surface area contributed by atoms with Gasteiger partial charge in [-0.1, -0.05) is 18.2 Å². The van der Waals surface area contributed by atoms with E-state index in [1.807, 2.05) is 0 Å². The highest BCUT2D eigenvalue weighted by Crippen LogP contribution is 2.23. The third-order valence-electron chi connectivity index (χ3n) is 4.04. The minimum atomic E-state index is 0.988. The quantitative estimate of drug-likeness (QED) is 0.558. The summed E-state index contributed by atoms with van der Waals surface area (Å²) < 4.78 is 0. The fourth-order valence-electron chi connectivity index (χ4n) is 2.73. The molecule has 0 fully saturated rings. The van der Waals surface area contributed by atoms with Gasteiger partial charge in [0.2, 0.25) is 0 Å². The zero-order valence-electron chi connectivity index (χ0n) is 14.3. The number of hydrogen-bond acceptors (Lipinski definition) is 4. The van der Waals surface area contributed by atoms with Crippen LogP contribution in [0.5, 0.6) is 0 Å². The van der Waals surface area contributed by atoms with E-state index in [4.69, 9.17) is 0 Å². The summed E-state index contributed by atoms with van der Waals surface area (Å²) in [6.07, 6.45) is 0. The lowest BCUT2D eigenvalue weighted by Crippen LogP contribution is -2.31. The second-order valence-electron chi connectivity index (χ2n) is 6.36. The van der Waals surface area contributed by atoms with Crippen molar-refractivity contribution in [1.82, 2.24) is 9.80 Å². The molecule has 0 bridgehead atoms. The summed E-state index contributed by atoms with van der Waals surface area (Å²) in [4.78, 5) is 4.79. The second kappa shape index (κ2) is 8.58. The molecular formula is C20H24N2S2. The summed E-state index contributed by atoms with van der Waals surface area (Å²) in [6.45, 7) is 4.15.